The second kappa shape index (κ2) is 13.3. The molecule has 3 aromatic carbocycles. The molecule has 178 valence electrons. The van der Waals surface area contributed by atoms with Crippen LogP contribution in [0.3, 0.4) is 0 Å². The monoisotopic (exact) mass is 456 g/mol. The second-order valence-corrected chi connectivity index (χ2v) is 8.78. The fourth-order valence-corrected chi connectivity index (χ4v) is 3.98. The van der Waals surface area contributed by atoms with Crippen LogP contribution in [0.15, 0.2) is 84.9 Å². The Morgan fingerprint density at radius 3 is 2.06 bits per heavy atom. The smallest absolute Gasteiger partial charge is 0.253 e. The summed E-state index contributed by atoms with van der Waals surface area (Å²) >= 11 is 0. The van der Waals surface area contributed by atoms with E-state index in [1.165, 1.54) is 11.1 Å². The van der Waals surface area contributed by atoms with Gasteiger partial charge in [0.05, 0.1) is 6.04 Å². The first kappa shape index (κ1) is 25.2. The number of carbonyl (C=O) groups is 2. The molecule has 1 atom stereocenters. The summed E-state index contributed by atoms with van der Waals surface area (Å²) in [4.78, 5) is 27.8. The number of hydrogen-bond donors (Lipinski definition) is 1. The van der Waals surface area contributed by atoms with Gasteiger partial charge < -0.3 is 10.2 Å². The number of amides is 2. The van der Waals surface area contributed by atoms with Crippen molar-refractivity contribution in [2.45, 2.75) is 52.0 Å². The summed E-state index contributed by atoms with van der Waals surface area (Å²) in [7, 11) is 0. The topological polar surface area (TPSA) is 49.4 Å². The van der Waals surface area contributed by atoms with Crippen molar-refractivity contribution >= 4 is 11.8 Å². The van der Waals surface area contributed by atoms with Crippen LogP contribution in [0.25, 0.3) is 0 Å². The number of nitrogens with one attached hydrogen (secondary N) is 1. The minimum Gasteiger partial charge on any atom is -0.350 e. The Balaban J connectivity index is 1.63. The third-order valence-electron chi connectivity index (χ3n) is 6.11. The van der Waals surface area contributed by atoms with Crippen LogP contribution in [0.2, 0.25) is 0 Å². The predicted molar refractivity (Wildman–Crippen MR) is 139 cm³/mol. The molecule has 34 heavy (non-hydrogen) atoms. The third kappa shape index (κ3) is 7.87. The SMILES string of the molecule is CCCCc1ccc(C(=O)N(CCC(=O)NC(C)c2ccccc2)CCc2ccccc2)cc1. The molecular weight excluding hydrogens is 420 g/mol. The van der Waals surface area contributed by atoms with E-state index in [1.54, 1.807) is 4.90 Å². The van der Waals surface area contributed by atoms with Gasteiger partial charge in [-0.2, -0.15) is 0 Å². The van der Waals surface area contributed by atoms with E-state index in [1.807, 2.05) is 79.7 Å². The maximum absolute atomic E-state index is 13.3. The van der Waals surface area contributed by atoms with Crippen LogP contribution < -0.4 is 5.32 Å². The van der Waals surface area contributed by atoms with Crippen molar-refractivity contribution in [2.24, 2.45) is 0 Å². The molecule has 0 bridgehead atoms. The van der Waals surface area contributed by atoms with Gasteiger partial charge in [0.25, 0.3) is 5.91 Å². The molecule has 0 heterocycles. The molecule has 1 N–H and O–H groups in total. The number of aryl methyl sites for hydroxylation is 1. The molecule has 0 radical (unpaired) electrons. The standard InChI is InChI=1S/C30H36N2O2/c1-3-4-11-26-16-18-28(19-17-26)30(34)32(22-20-25-12-7-5-8-13-25)23-21-29(33)31-24(2)27-14-9-6-10-15-27/h5-10,12-19,24H,3-4,11,20-23H2,1-2H3,(H,31,33). The van der Waals surface area contributed by atoms with Crippen LogP contribution in [-0.2, 0) is 17.6 Å². The van der Waals surface area contributed by atoms with Crippen LogP contribution in [-0.4, -0.2) is 29.8 Å². The van der Waals surface area contributed by atoms with Gasteiger partial charge in [-0.05, 0) is 55.0 Å². The lowest BCUT2D eigenvalue weighted by Gasteiger charge is -2.23. The fraction of sp³-hybridized carbons (Fsp3) is 0.333. The molecule has 0 aliphatic heterocycles. The summed E-state index contributed by atoms with van der Waals surface area (Å²) in [6.07, 6.45) is 4.35. The van der Waals surface area contributed by atoms with Gasteiger partial charge in [0.2, 0.25) is 5.91 Å². The van der Waals surface area contributed by atoms with Crippen molar-refractivity contribution in [3.8, 4) is 0 Å². The predicted octanol–water partition coefficient (Wildman–Crippen LogP) is 5.98. The van der Waals surface area contributed by atoms with Crippen LogP contribution in [0.5, 0.6) is 0 Å². The Morgan fingerprint density at radius 1 is 0.794 bits per heavy atom. The van der Waals surface area contributed by atoms with Gasteiger partial charge in [0.1, 0.15) is 0 Å². The van der Waals surface area contributed by atoms with Crippen molar-refractivity contribution < 1.29 is 9.59 Å². The van der Waals surface area contributed by atoms with E-state index in [0.29, 0.717) is 18.7 Å². The minimum absolute atomic E-state index is 0.0260. The van der Waals surface area contributed by atoms with Crippen LogP contribution in [0.4, 0.5) is 0 Å². The molecule has 0 fully saturated rings. The van der Waals surface area contributed by atoms with Crippen molar-refractivity contribution in [3.63, 3.8) is 0 Å². The third-order valence-corrected chi connectivity index (χ3v) is 6.11. The lowest BCUT2D eigenvalue weighted by Crippen LogP contribution is -2.37. The molecule has 0 aliphatic carbocycles. The van der Waals surface area contributed by atoms with Gasteiger partial charge in [-0.3, -0.25) is 9.59 Å². The Labute approximate surface area is 204 Å². The Morgan fingerprint density at radius 2 is 1.41 bits per heavy atom. The van der Waals surface area contributed by atoms with Gasteiger partial charge in [0.15, 0.2) is 0 Å². The summed E-state index contributed by atoms with van der Waals surface area (Å²) in [5.74, 6) is -0.0781. The average Bonchev–Trinajstić information content (AvgIpc) is 2.88. The molecule has 0 aromatic heterocycles. The first-order chi connectivity index (χ1) is 16.6. The molecule has 0 saturated carbocycles. The lowest BCUT2D eigenvalue weighted by molar-refractivity contribution is -0.121. The van der Waals surface area contributed by atoms with Crippen molar-refractivity contribution in [3.05, 3.63) is 107 Å². The summed E-state index contributed by atoms with van der Waals surface area (Å²) in [5.41, 5.74) is 4.17. The van der Waals surface area contributed by atoms with Crippen LogP contribution in [0, 0.1) is 0 Å². The summed E-state index contributed by atoms with van der Waals surface area (Å²) < 4.78 is 0. The highest BCUT2D eigenvalue weighted by Gasteiger charge is 2.18. The van der Waals surface area contributed by atoms with E-state index in [9.17, 15) is 9.59 Å². The number of hydrogen-bond acceptors (Lipinski definition) is 2. The van der Waals surface area contributed by atoms with Gasteiger partial charge >= 0.3 is 0 Å². The van der Waals surface area contributed by atoms with E-state index in [-0.39, 0.29) is 24.3 Å². The second-order valence-electron chi connectivity index (χ2n) is 8.78. The Kier molecular flexibility index (Phi) is 9.90. The van der Waals surface area contributed by atoms with Gasteiger partial charge in [-0.25, -0.2) is 0 Å². The first-order valence-electron chi connectivity index (χ1n) is 12.3. The number of benzene rings is 3. The molecule has 1 unspecified atom stereocenters. The molecule has 3 rings (SSSR count). The molecule has 2 amide bonds. The van der Waals surface area contributed by atoms with E-state index in [2.05, 4.69) is 24.4 Å². The summed E-state index contributed by atoms with van der Waals surface area (Å²) in [5, 5.41) is 3.05. The van der Waals surface area contributed by atoms with Gasteiger partial charge in [-0.1, -0.05) is 86.1 Å². The normalized spacial score (nSPS) is 11.6. The quantitative estimate of drug-likeness (QED) is 0.364. The van der Waals surface area contributed by atoms with E-state index < -0.39 is 0 Å². The first-order valence-corrected chi connectivity index (χ1v) is 12.3. The average molecular weight is 457 g/mol. The van der Waals surface area contributed by atoms with E-state index in [4.69, 9.17) is 0 Å². The molecule has 4 heteroatoms. The van der Waals surface area contributed by atoms with Crippen molar-refractivity contribution in [1.82, 2.24) is 10.2 Å². The van der Waals surface area contributed by atoms with Gasteiger partial charge in [0, 0.05) is 25.1 Å². The zero-order valence-electron chi connectivity index (χ0n) is 20.4. The zero-order chi connectivity index (χ0) is 24.2. The lowest BCUT2D eigenvalue weighted by atomic mass is 10.1. The molecular formula is C30H36N2O2. The summed E-state index contributed by atoms with van der Waals surface area (Å²) in [6, 6.07) is 27.9. The highest BCUT2D eigenvalue weighted by Crippen LogP contribution is 2.14. The van der Waals surface area contributed by atoms with Crippen LogP contribution in [0.1, 0.15) is 66.2 Å². The largest absolute Gasteiger partial charge is 0.350 e. The van der Waals surface area contributed by atoms with E-state index >= 15 is 0 Å². The fourth-order valence-electron chi connectivity index (χ4n) is 3.98. The molecule has 4 nitrogen and oxygen atoms in total. The van der Waals surface area contributed by atoms with E-state index in [0.717, 1.165) is 31.2 Å². The summed E-state index contributed by atoms with van der Waals surface area (Å²) in [6.45, 7) is 5.11. The number of carbonyl (C=O) groups excluding carboxylic acids is 2. The van der Waals surface area contributed by atoms with Crippen molar-refractivity contribution in [2.75, 3.05) is 13.1 Å². The number of rotatable bonds is 12. The molecule has 0 aliphatic rings. The molecule has 0 saturated heterocycles. The van der Waals surface area contributed by atoms with Crippen molar-refractivity contribution in [1.29, 1.82) is 0 Å². The zero-order valence-corrected chi connectivity index (χ0v) is 20.4. The highest BCUT2D eigenvalue weighted by molar-refractivity contribution is 5.94. The molecule has 0 spiro atoms. The Hall–Kier alpha value is -3.40. The maximum Gasteiger partial charge on any atom is 0.253 e. The minimum atomic E-state index is -0.0714. The number of unbranched alkanes of at least 4 members (excludes halogenated alkanes) is 1. The molecule has 3 aromatic rings. The van der Waals surface area contributed by atoms with Gasteiger partial charge in [-0.15, -0.1) is 0 Å². The van der Waals surface area contributed by atoms with Crippen LogP contribution >= 0.6 is 0 Å². The highest BCUT2D eigenvalue weighted by atomic mass is 16.2. The number of nitrogens with zero attached hydrogens (tertiary/aromatic N) is 1. The Bertz CT molecular complexity index is 1020. The maximum atomic E-state index is 13.3.